The van der Waals surface area contributed by atoms with E-state index in [2.05, 4.69) is 26.8 Å². The Hall–Kier alpha value is -1.14. The Bertz CT molecular complexity index is 434. The van der Waals surface area contributed by atoms with E-state index in [9.17, 15) is 4.79 Å². The lowest BCUT2D eigenvalue weighted by molar-refractivity contribution is 0.0947. The molecule has 0 aromatic carbocycles. The van der Waals surface area contributed by atoms with E-state index < -0.39 is 5.92 Å². The van der Waals surface area contributed by atoms with Gasteiger partial charge in [-0.3, -0.25) is 4.79 Å². The SMILES string of the molecule is CCCC(C#N)C(=O)c1ccc(C(C)(C)C)s1. The van der Waals surface area contributed by atoms with E-state index in [1.807, 2.05) is 19.1 Å². The number of nitrogens with zero attached hydrogens (tertiary/aromatic N) is 1. The van der Waals surface area contributed by atoms with Crippen molar-refractivity contribution in [3.63, 3.8) is 0 Å². The number of hydrogen-bond donors (Lipinski definition) is 0. The van der Waals surface area contributed by atoms with Crippen LogP contribution in [0.2, 0.25) is 0 Å². The van der Waals surface area contributed by atoms with Crippen molar-refractivity contribution in [2.75, 3.05) is 0 Å². The van der Waals surface area contributed by atoms with Gasteiger partial charge in [-0.25, -0.2) is 0 Å². The zero-order valence-electron chi connectivity index (χ0n) is 10.9. The smallest absolute Gasteiger partial charge is 0.189 e. The van der Waals surface area contributed by atoms with Gasteiger partial charge in [0.15, 0.2) is 5.78 Å². The topological polar surface area (TPSA) is 40.9 Å². The van der Waals surface area contributed by atoms with Gasteiger partial charge in [0.05, 0.1) is 10.9 Å². The summed E-state index contributed by atoms with van der Waals surface area (Å²) in [7, 11) is 0. The average Bonchev–Trinajstić information content (AvgIpc) is 2.73. The van der Waals surface area contributed by atoms with E-state index in [1.165, 1.54) is 16.2 Å². The van der Waals surface area contributed by atoms with E-state index in [4.69, 9.17) is 5.26 Å². The molecule has 0 radical (unpaired) electrons. The van der Waals surface area contributed by atoms with Crippen molar-refractivity contribution in [2.45, 2.75) is 46.0 Å². The predicted octanol–water partition coefficient (Wildman–Crippen LogP) is 4.17. The van der Waals surface area contributed by atoms with E-state index in [0.717, 1.165) is 11.3 Å². The van der Waals surface area contributed by atoms with Crippen LogP contribution in [0.4, 0.5) is 0 Å². The van der Waals surface area contributed by atoms with Gasteiger partial charge in [0, 0.05) is 4.88 Å². The maximum Gasteiger partial charge on any atom is 0.189 e. The quantitative estimate of drug-likeness (QED) is 0.751. The van der Waals surface area contributed by atoms with Gasteiger partial charge < -0.3 is 0 Å². The summed E-state index contributed by atoms with van der Waals surface area (Å²) in [6, 6.07) is 5.96. The zero-order chi connectivity index (χ0) is 13.1. The second-order valence-corrected chi connectivity index (χ2v) is 6.33. The fourth-order valence-corrected chi connectivity index (χ4v) is 2.65. The fourth-order valence-electron chi connectivity index (χ4n) is 1.59. The van der Waals surface area contributed by atoms with Crippen molar-refractivity contribution in [3.05, 3.63) is 21.9 Å². The molecule has 17 heavy (non-hydrogen) atoms. The standard InChI is InChI=1S/C14H19NOS/c1-5-6-10(9-15)13(16)11-7-8-12(17-11)14(2,3)4/h7-8,10H,5-6H2,1-4H3. The summed E-state index contributed by atoms with van der Waals surface area (Å²) < 4.78 is 0. The molecule has 0 fully saturated rings. The molecular formula is C14H19NOS. The summed E-state index contributed by atoms with van der Waals surface area (Å²) in [6.45, 7) is 8.37. The Morgan fingerprint density at radius 2 is 2.12 bits per heavy atom. The van der Waals surface area contributed by atoms with Gasteiger partial charge in [0.1, 0.15) is 5.92 Å². The van der Waals surface area contributed by atoms with Crippen molar-refractivity contribution >= 4 is 17.1 Å². The zero-order valence-corrected chi connectivity index (χ0v) is 11.7. The molecule has 0 amide bonds. The molecule has 0 saturated carbocycles. The molecule has 3 heteroatoms. The number of rotatable bonds is 4. The second-order valence-electron chi connectivity index (χ2n) is 5.25. The van der Waals surface area contributed by atoms with E-state index >= 15 is 0 Å². The first kappa shape index (κ1) is 13.9. The highest BCUT2D eigenvalue weighted by Gasteiger charge is 2.23. The molecule has 0 N–H and O–H groups in total. The Morgan fingerprint density at radius 1 is 1.47 bits per heavy atom. The van der Waals surface area contributed by atoms with Gasteiger partial charge in [-0.15, -0.1) is 11.3 Å². The van der Waals surface area contributed by atoms with E-state index in [1.54, 1.807) is 0 Å². The van der Waals surface area contributed by atoms with Gasteiger partial charge in [0.2, 0.25) is 0 Å². The summed E-state index contributed by atoms with van der Waals surface area (Å²) in [6.07, 6.45) is 1.51. The lowest BCUT2D eigenvalue weighted by Gasteiger charge is -2.15. The minimum absolute atomic E-state index is 0.0187. The van der Waals surface area contributed by atoms with Gasteiger partial charge in [-0.05, 0) is 24.0 Å². The maximum atomic E-state index is 12.1. The molecule has 1 atom stereocenters. The number of hydrogen-bond acceptors (Lipinski definition) is 3. The molecule has 1 rings (SSSR count). The van der Waals surface area contributed by atoms with Crippen LogP contribution in [-0.2, 0) is 5.41 Å². The first-order chi connectivity index (χ1) is 7.90. The van der Waals surface area contributed by atoms with Crippen molar-refractivity contribution in [3.8, 4) is 6.07 Å². The van der Waals surface area contributed by atoms with Gasteiger partial charge in [-0.2, -0.15) is 5.26 Å². The molecule has 0 aliphatic heterocycles. The molecule has 2 nitrogen and oxygen atoms in total. The molecule has 1 heterocycles. The Labute approximate surface area is 107 Å². The highest BCUT2D eigenvalue weighted by Crippen LogP contribution is 2.31. The van der Waals surface area contributed by atoms with E-state index in [0.29, 0.717) is 6.42 Å². The molecule has 92 valence electrons. The molecule has 0 bridgehead atoms. The van der Waals surface area contributed by atoms with Gasteiger partial charge >= 0.3 is 0 Å². The van der Waals surface area contributed by atoms with Crippen molar-refractivity contribution in [1.82, 2.24) is 0 Å². The van der Waals surface area contributed by atoms with E-state index in [-0.39, 0.29) is 11.2 Å². The first-order valence-corrected chi connectivity index (χ1v) is 6.76. The lowest BCUT2D eigenvalue weighted by Crippen LogP contribution is -2.11. The van der Waals surface area contributed by atoms with Crippen LogP contribution in [0.1, 0.15) is 55.1 Å². The molecule has 0 aliphatic rings. The molecule has 1 aromatic heterocycles. The number of carbonyl (C=O) groups excluding carboxylic acids is 1. The first-order valence-electron chi connectivity index (χ1n) is 5.94. The summed E-state index contributed by atoms with van der Waals surface area (Å²) in [5.41, 5.74) is 0.0656. The maximum absolute atomic E-state index is 12.1. The second kappa shape index (κ2) is 5.46. The molecule has 1 unspecified atom stereocenters. The number of ketones is 1. The third kappa shape index (κ3) is 3.41. The largest absolute Gasteiger partial charge is 0.292 e. The third-order valence-electron chi connectivity index (χ3n) is 2.64. The summed E-state index contributed by atoms with van der Waals surface area (Å²) in [5.74, 6) is -0.499. The fraction of sp³-hybridized carbons (Fsp3) is 0.571. The summed E-state index contributed by atoms with van der Waals surface area (Å²) in [4.78, 5) is 14.0. The number of carbonyl (C=O) groups is 1. The van der Waals surface area contributed by atoms with Crippen LogP contribution in [0.3, 0.4) is 0 Å². The normalized spacial score (nSPS) is 13.1. The number of Topliss-reactive ketones (excluding diaryl/α,β-unsaturated/α-hetero) is 1. The van der Waals surface area contributed by atoms with Crippen LogP contribution in [0.25, 0.3) is 0 Å². The van der Waals surface area contributed by atoms with Crippen LogP contribution in [0.15, 0.2) is 12.1 Å². The Kier molecular flexibility index (Phi) is 4.47. The lowest BCUT2D eigenvalue weighted by atomic mass is 9.95. The average molecular weight is 249 g/mol. The van der Waals surface area contributed by atoms with Gasteiger partial charge in [-0.1, -0.05) is 34.1 Å². The Balaban J connectivity index is 2.91. The van der Waals surface area contributed by atoms with Crippen LogP contribution in [0.5, 0.6) is 0 Å². The van der Waals surface area contributed by atoms with Crippen LogP contribution in [0, 0.1) is 17.2 Å². The summed E-state index contributed by atoms with van der Waals surface area (Å²) in [5, 5.41) is 8.99. The van der Waals surface area contributed by atoms with Crippen molar-refractivity contribution in [1.29, 1.82) is 5.26 Å². The molecule has 1 aromatic rings. The van der Waals surface area contributed by atoms with Crippen LogP contribution < -0.4 is 0 Å². The third-order valence-corrected chi connectivity index (χ3v) is 4.16. The monoisotopic (exact) mass is 249 g/mol. The minimum Gasteiger partial charge on any atom is -0.292 e. The Morgan fingerprint density at radius 3 is 2.53 bits per heavy atom. The molecular weight excluding hydrogens is 230 g/mol. The highest BCUT2D eigenvalue weighted by molar-refractivity contribution is 7.14. The predicted molar refractivity (Wildman–Crippen MR) is 71.4 cm³/mol. The number of nitriles is 1. The molecule has 0 spiro atoms. The van der Waals surface area contributed by atoms with Crippen LogP contribution in [-0.4, -0.2) is 5.78 Å². The molecule has 0 saturated heterocycles. The molecule has 0 aliphatic carbocycles. The highest BCUT2D eigenvalue weighted by atomic mass is 32.1. The minimum atomic E-state index is -0.480. The van der Waals surface area contributed by atoms with Gasteiger partial charge in [0.25, 0.3) is 0 Å². The summed E-state index contributed by atoms with van der Waals surface area (Å²) >= 11 is 1.52. The van der Waals surface area contributed by atoms with Crippen LogP contribution >= 0.6 is 11.3 Å². The number of thiophene rings is 1. The van der Waals surface area contributed by atoms with Crippen molar-refractivity contribution in [2.24, 2.45) is 5.92 Å². The van der Waals surface area contributed by atoms with Crippen molar-refractivity contribution < 1.29 is 4.79 Å².